The van der Waals surface area contributed by atoms with Gasteiger partial charge in [-0.15, -0.1) is 0 Å². The topological polar surface area (TPSA) is 30.5 Å². The van der Waals surface area contributed by atoms with Crippen LogP contribution in [0.4, 0.5) is 0 Å². The molecule has 22 heavy (non-hydrogen) atoms. The lowest BCUT2D eigenvalue weighted by molar-refractivity contribution is -0.00313. The first kappa shape index (κ1) is 15.7. The number of hydrogen-bond donors (Lipinski definition) is 1. The second-order valence-corrected chi connectivity index (χ2v) is 7.31. The lowest BCUT2D eigenvalue weighted by Gasteiger charge is -2.45. The maximum Gasteiger partial charge on any atom is 0.128 e. The highest BCUT2D eigenvalue weighted by Crippen LogP contribution is 2.47. The third-order valence-corrected chi connectivity index (χ3v) is 5.04. The molecule has 1 aromatic rings. The molecule has 1 atom stereocenters. The normalized spacial score (nSPS) is 23.2. The molecule has 1 aliphatic carbocycles. The van der Waals surface area contributed by atoms with E-state index in [0.717, 1.165) is 24.5 Å². The van der Waals surface area contributed by atoms with Crippen LogP contribution in [-0.2, 0) is 0 Å². The standard InChI is InChI=1S/C19H29NO2/c1-14(2)13-20-17-12-19(9-5-4-6-10-19)22-18-11-15(21-3)7-8-16(17)18/h7-8,11,14,17,20H,4-6,9-10,12-13H2,1-3H3. The summed E-state index contributed by atoms with van der Waals surface area (Å²) >= 11 is 0. The molecule has 0 bridgehead atoms. The number of ether oxygens (including phenoxy) is 2. The molecule has 1 fully saturated rings. The van der Waals surface area contributed by atoms with Crippen molar-refractivity contribution in [2.75, 3.05) is 13.7 Å². The van der Waals surface area contributed by atoms with E-state index in [1.165, 1.54) is 37.7 Å². The number of hydrogen-bond acceptors (Lipinski definition) is 3. The zero-order valence-corrected chi connectivity index (χ0v) is 14.2. The molecule has 0 saturated heterocycles. The first-order chi connectivity index (χ1) is 10.6. The highest BCUT2D eigenvalue weighted by atomic mass is 16.5. The number of rotatable bonds is 4. The molecule has 0 amide bonds. The van der Waals surface area contributed by atoms with Gasteiger partial charge in [-0.1, -0.05) is 26.3 Å². The largest absolute Gasteiger partial charge is 0.497 e. The lowest BCUT2D eigenvalue weighted by atomic mass is 9.77. The summed E-state index contributed by atoms with van der Waals surface area (Å²) in [6, 6.07) is 6.68. The van der Waals surface area contributed by atoms with Crippen molar-refractivity contribution < 1.29 is 9.47 Å². The van der Waals surface area contributed by atoms with Crippen molar-refractivity contribution >= 4 is 0 Å². The average Bonchev–Trinajstić information content (AvgIpc) is 2.52. The van der Waals surface area contributed by atoms with Crippen LogP contribution in [0.3, 0.4) is 0 Å². The van der Waals surface area contributed by atoms with E-state index in [9.17, 15) is 0 Å². The van der Waals surface area contributed by atoms with Gasteiger partial charge >= 0.3 is 0 Å². The van der Waals surface area contributed by atoms with Crippen molar-refractivity contribution in [3.8, 4) is 11.5 Å². The van der Waals surface area contributed by atoms with Crippen LogP contribution in [0.1, 0.15) is 64.0 Å². The van der Waals surface area contributed by atoms with Gasteiger partial charge in [0, 0.05) is 24.1 Å². The van der Waals surface area contributed by atoms with Crippen LogP contribution in [0.2, 0.25) is 0 Å². The molecule has 1 heterocycles. The average molecular weight is 303 g/mol. The lowest BCUT2D eigenvalue weighted by Crippen LogP contribution is -2.46. The number of benzene rings is 1. The molecule has 1 aliphatic heterocycles. The van der Waals surface area contributed by atoms with Crippen molar-refractivity contribution in [3.63, 3.8) is 0 Å². The smallest absolute Gasteiger partial charge is 0.128 e. The van der Waals surface area contributed by atoms with Crippen LogP contribution >= 0.6 is 0 Å². The van der Waals surface area contributed by atoms with Gasteiger partial charge in [0.25, 0.3) is 0 Å². The molecule has 122 valence electrons. The second kappa shape index (κ2) is 6.49. The van der Waals surface area contributed by atoms with E-state index in [0.29, 0.717) is 12.0 Å². The van der Waals surface area contributed by atoms with Gasteiger partial charge in [0.1, 0.15) is 17.1 Å². The van der Waals surface area contributed by atoms with Crippen LogP contribution in [0.5, 0.6) is 11.5 Å². The second-order valence-electron chi connectivity index (χ2n) is 7.31. The van der Waals surface area contributed by atoms with Crippen molar-refractivity contribution in [3.05, 3.63) is 23.8 Å². The predicted molar refractivity (Wildman–Crippen MR) is 89.6 cm³/mol. The van der Waals surface area contributed by atoms with Gasteiger partial charge in [-0.05, 0) is 44.2 Å². The van der Waals surface area contributed by atoms with E-state index >= 15 is 0 Å². The van der Waals surface area contributed by atoms with Gasteiger partial charge in [0.05, 0.1) is 7.11 Å². The van der Waals surface area contributed by atoms with Crippen molar-refractivity contribution in [2.45, 2.75) is 64.0 Å². The Bertz CT molecular complexity index is 506. The molecule has 3 rings (SSSR count). The van der Waals surface area contributed by atoms with Gasteiger partial charge in [-0.2, -0.15) is 0 Å². The van der Waals surface area contributed by atoms with E-state index in [-0.39, 0.29) is 5.60 Å². The zero-order valence-electron chi connectivity index (χ0n) is 14.2. The molecule has 1 aromatic carbocycles. The van der Waals surface area contributed by atoms with Crippen molar-refractivity contribution in [2.24, 2.45) is 5.92 Å². The Morgan fingerprint density at radius 1 is 1.27 bits per heavy atom. The molecular weight excluding hydrogens is 274 g/mol. The van der Waals surface area contributed by atoms with Crippen molar-refractivity contribution in [1.82, 2.24) is 5.32 Å². The van der Waals surface area contributed by atoms with Crippen LogP contribution in [-0.4, -0.2) is 19.3 Å². The quantitative estimate of drug-likeness (QED) is 0.890. The van der Waals surface area contributed by atoms with Crippen molar-refractivity contribution in [1.29, 1.82) is 0 Å². The van der Waals surface area contributed by atoms with Crippen LogP contribution in [0.25, 0.3) is 0 Å². The van der Waals surface area contributed by atoms with E-state index < -0.39 is 0 Å². The van der Waals surface area contributed by atoms with Gasteiger partial charge in [0.2, 0.25) is 0 Å². The Morgan fingerprint density at radius 3 is 2.73 bits per heavy atom. The van der Waals surface area contributed by atoms with E-state index in [4.69, 9.17) is 9.47 Å². The fourth-order valence-corrected chi connectivity index (χ4v) is 3.84. The van der Waals surface area contributed by atoms with Crippen LogP contribution in [0.15, 0.2) is 18.2 Å². The molecule has 1 saturated carbocycles. The van der Waals surface area contributed by atoms with Gasteiger partial charge in [-0.3, -0.25) is 0 Å². The SMILES string of the molecule is COc1ccc2c(c1)OC1(CCCCC1)CC2NCC(C)C. The fraction of sp³-hybridized carbons (Fsp3) is 0.684. The Kier molecular flexibility index (Phi) is 4.62. The molecule has 3 nitrogen and oxygen atoms in total. The molecule has 0 aromatic heterocycles. The fourth-order valence-electron chi connectivity index (χ4n) is 3.84. The summed E-state index contributed by atoms with van der Waals surface area (Å²) in [5.74, 6) is 2.56. The van der Waals surface area contributed by atoms with Gasteiger partial charge < -0.3 is 14.8 Å². The Morgan fingerprint density at radius 2 is 2.05 bits per heavy atom. The summed E-state index contributed by atoms with van der Waals surface area (Å²) in [6.45, 7) is 5.57. The molecule has 1 spiro atoms. The maximum absolute atomic E-state index is 6.52. The van der Waals surface area contributed by atoms with Gasteiger partial charge in [-0.25, -0.2) is 0 Å². The Balaban J connectivity index is 1.88. The minimum Gasteiger partial charge on any atom is -0.497 e. The van der Waals surface area contributed by atoms with E-state index in [1.54, 1.807) is 7.11 Å². The number of fused-ring (bicyclic) bond motifs is 1. The van der Waals surface area contributed by atoms with Gasteiger partial charge in [0.15, 0.2) is 0 Å². The van der Waals surface area contributed by atoms with Crippen LogP contribution < -0.4 is 14.8 Å². The van der Waals surface area contributed by atoms with Crippen LogP contribution in [0, 0.1) is 5.92 Å². The first-order valence-electron chi connectivity index (χ1n) is 8.72. The third-order valence-electron chi connectivity index (χ3n) is 5.04. The highest BCUT2D eigenvalue weighted by Gasteiger charge is 2.41. The maximum atomic E-state index is 6.52. The summed E-state index contributed by atoms with van der Waals surface area (Å²) in [5, 5.41) is 3.77. The summed E-state index contributed by atoms with van der Waals surface area (Å²) in [6.07, 6.45) is 7.39. The molecule has 1 N–H and O–H groups in total. The van der Waals surface area contributed by atoms with E-state index in [2.05, 4.69) is 31.3 Å². The summed E-state index contributed by atoms with van der Waals surface area (Å²) in [4.78, 5) is 0. The third kappa shape index (κ3) is 3.24. The summed E-state index contributed by atoms with van der Waals surface area (Å²) in [7, 11) is 1.72. The summed E-state index contributed by atoms with van der Waals surface area (Å²) < 4.78 is 11.9. The molecule has 1 unspecified atom stereocenters. The highest BCUT2D eigenvalue weighted by molar-refractivity contribution is 5.44. The minimum atomic E-state index is 0.0340. The van der Waals surface area contributed by atoms with E-state index in [1.807, 2.05) is 6.07 Å². The number of nitrogens with one attached hydrogen (secondary N) is 1. The molecule has 3 heteroatoms. The molecular formula is C19H29NO2. The first-order valence-corrected chi connectivity index (χ1v) is 8.72. The predicted octanol–water partition coefficient (Wildman–Crippen LogP) is 4.47. The molecule has 0 radical (unpaired) electrons. The zero-order chi connectivity index (χ0) is 15.6. The minimum absolute atomic E-state index is 0.0340. The Labute approximate surface area is 134 Å². The molecule has 2 aliphatic rings. The number of methoxy groups -OCH3 is 1. The summed E-state index contributed by atoms with van der Waals surface area (Å²) in [5.41, 5.74) is 1.32. The Hall–Kier alpha value is -1.22. The monoisotopic (exact) mass is 303 g/mol.